The van der Waals surface area contributed by atoms with Crippen molar-refractivity contribution in [1.29, 1.82) is 0 Å². The van der Waals surface area contributed by atoms with Crippen LogP contribution in [0.3, 0.4) is 0 Å². The van der Waals surface area contributed by atoms with E-state index in [1.165, 1.54) is 31.2 Å². The van der Waals surface area contributed by atoms with E-state index in [4.69, 9.17) is 142 Å². The number of nitrogens with two attached hydrogens (primary N) is 1. The minimum atomic E-state index is -0.887. The van der Waals surface area contributed by atoms with Crippen LogP contribution in [0.15, 0.2) is 101 Å². The van der Waals surface area contributed by atoms with Crippen LogP contribution in [0.25, 0.3) is 11.1 Å². The number of hydrogen-bond acceptors (Lipinski definition) is 13. The normalized spacial score (nSPS) is 15.7. The van der Waals surface area contributed by atoms with Gasteiger partial charge in [0, 0.05) is 215 Å². The van der Waals surface area contributed by atoms with Crippen molar-refractivity contribution in [2.75, 3.05) is 43.7 Å². The second-order valence-corrected chi connectivity index (χ2v) is 14.7. The van der Waals surface area contributed by atoms with E-state index < -0.39 is 47.6 Å². The molecule has 20 heteroatoms. The van der Waals surface area contributed by atoms with E-state index in [9.17, 15) is 37.5 Å². The van der Waals surface area contributed by atoms with Crippen LogP contribution < -0.4 is 26.2 Å². The van der Waals surface area contributed by atoms with Crippen LogP contribution in [0, 0.1) is 11.6 Å². The molecule has 0 spiro atoms. The Morgan fingerprint density at radius 2 is 1.18 bits per heavy atom. The Kier molecular flexibility index (Phi) is 10.3. The van der Waals surface area contributed by atoms with Gasteiger partial charge < -0.3 is 40.2 Å². The number of carbonyl (C=O) groups is 6. The second-order valence-electron chi connectivity index (χ2n) is 14.7. The first kappa shape index (κ1) is 23.1. The molecular weight excluding hydrogens is 976 g/mol. The fourth-order valence-electron chi connectivity index (χ4n) is 7.02. The SMILES string of the molecule is CC(=O)O.CCOC(=O)C1=C(N)Cc2c1cc(F)cc2N(C)Cc1ccccc1.CCOC(=O)C1=C(NC(=O)NC(C)=O)Cc2c1cc(F)cc2N(C)Cc1ccccc1.CCOC(=O)N=C=O.[2HH].[2H]CC.[2H][2H].[2H][2H].[2H][2H].[2H][2H].[2H][2H].[2H][2H].[2H][2H].[2H][2H].[2H][2H].[2H][2H].[2H][2H].[2H][2H].[2H][2H].[2H][2H].[2H][2H].[2H][2H].[2H][2H].[2H][2H].[2H][2H].[2H][2H].[2H][2H].[2H][2H].[2H][2H].[2H][2H].[2H][2H].[2H][2H].[2H][2H].[2H][2H].[2H][2H].[2H][2H].[2H][2H].[2H][2H].[2H][2H].[2H][2H].[2H][2H].[2H][2H].[2H][2H].[2H][2H].[2H][2H].[Zn]. The predicted octanol–water partition coefficient (Wildman–Crippen LogP) is 17.8. The Morgan fingerprint density at radius 1 is 0.775 bits per heavy atom. The zero-order valence-electron chi connectivity index (χ0n) is 120. The molecule has 2 aliphatic carbocycles. The van der Waals surface area contributed by atoms with Crippen LogP contribution in [0.1, 0.15) is 200 Å². The Hall–Kier alpha value is -7.56. The first-order chi connectivity index (χ1) is 72.8. The maximum absolute atomic E-state index is 14.6. The van der Waals surface area contributed by atoms with Gasteiger partial charge in [0.1, 0.15) is 11.6 Å². The van der Waals surface area contributed by atoms with Gasteiger partial charge in [-0.15, -0.1) is 0 Å². The number of isocyanates is 1. The number of benzene rings is 4. The summed E-state index contributed by atoms with van der Waals surface area (Å²) < 4.78 is 439. The molecule has 5 N–H and O–H groups in total. The average molecular weight is 1200 g/mol. The molecule has 0 bridgehead atoms. The van der Waals surface area contributed by atoms with Gasteiger partial charge in [-0.2, -0.15) is 0 Å². The summed E-state index contributed by atoms with van der Waals surface area (Å²) in [5, 5.41) is 12.1. The van der Waals surface area contributed by atoms with E-state index in [1.54, 1.807) is 27.7 Å². The smallest absolute Gasteiger partial charge is 0.444 e. The van der Waals surface area contributed by atoms with Crippen LogP contribution >= 0.6 is 0 Å². The van der Waals surface area contributed by atoms with Crippen LogP contribution in [0.4, 0.5) is 29.7 Å². The maximum Gasteiger partial charge on any atom is 0.444 e. The molecule has 0 aliphatic heterocycles. The first-order valence-corrected chi connectivity index (χ1v) is 21.8. The number of imide groups is 1. The van der Waals surface area contributed by atoms with Crippen molar-refractivity contribution in [1.82, 2.24) is 10.6 Å². The van der Waals surface area contributed by atoms with E-state index in [2.05, 4.69) is 20.4 Å². The van der Waals surface area contributed by atoms with Gasteiger partial charge in [0.15, 0.2) is 0 Å². The number of aliphatic carboxylic acids is 1. The number of esters is 2. The van der Waals surface area contributed by atoms with Gasteiger partial charge in [-0.3, -0.25) is 14.9 Å². The summed E-state index contributed by atoms with van der Waals surface area (Å²) in [6.07, 6.45) is 0.765. The molecule has 0 atom stereocenters. The molecule has 4 aromatic rings. The van der Waals surface area contributed by atoms with Crippen molar-refractivity contribution < 1.29 is 200 Å². The van der Waals surface area contributed by atoms with Crippen molar-refractivity contribution >= 4 is 64.5 Å². The van der Waals surface area contributed by atoms with Gasteiger partial charge in [0.05, 0.1) is 31.0 Å². The molecule has 71 heavy (non-hydrogen) atoms. The third-order valence-electron chi connectivity index (χ3n) is 9.53. The summed E-state index contributed by atoms with van der Waals surface area (Å²) in [5.41, 5.74) is 13.1. The topological polar surface area (TPSA) is 236 Å². The summed E-state index contributed by atoms with van der Waals surface area (Å²) in [6.45, 7) is 11.4. The molecule has 0 saturated heterocycles. The van der Waals surface area contributed by atoms with E-state index in [-0.39, 0.29) is 64.0 Å². The van der Waals surface area contributed by atoms with Crippen molar-refractivity contribution in [2.24, 2.45) is 10.7 Å². The fraction of sp³-hybridized carbons (Fsp3) is 0.314. The van der Waals surface area contributed by atoms with Crippen molar-refractivity contribution in [3.8, 4) is 0 Å². The Morgan fingerprint density at radius 3 is 1.59 bits per heavy atom. The fourth-order valence-corrected chi connectivity index (χ4v) is 7.02. The number of rotatable bonds is 12. The molecule has 4 aromatic carbocycles. The Bertz CT molecular complexity index is 2750. The Labute approximate surface area is 548 Å². The summed E-state index contributed by atoms with van der Waals surface area (Å²) in [7, 11) is 3.74. The van der Waals surface area contributed by atoms with Crippen LogP contribution in [-0.2, 0) is 83.6 Å². The van der Waals surface area contributed by atoms with Crippen LogP contribution in [0.5, 0.6) is 0 Å². The number of nitrogens with one attached hydrogen (secondary N) is 2. The number of anilines is 2. The average Bonchev–Trinajstić information content (AvgIpc) is 1.62. The molecule has 0 aromatic heterocycles. The summed E-state index contributed by atoms with van der Waals surface area (Å²) in [4.78, 5) is 82.9. The van der Waals surface area contributed by atoms with E-state index >= 15 is 0 Å². The summed E-state index contributed by atoms with van der Waals surface area (Å²) >= 11 is 0. The van der Waals surface area contributed by atoms with Crippen LogP contribution in [-0.4, -0.2) is 81.0 Å². The number of aliphatic imine (C=N–C) groups is 1. The Balaban J connectivity index is -0.0000000244. The maximum atomic E-state index is 14.6. The number of nitrogens with zero attached hydrogens (tertiary/aromatic N) is 3. The molecule has 0 heterocycles. The van der Waals surface area contributed by atoms with Gasteiger partial charge in [-0.1, -0.05) is 79.5 Å². The van der Waals surface area contributed by atoms with Gasteiger partial charge >= 0.3 is 24.1 Å². The largest absolute Gasteiger partial charge is 0.481 e. The van der Waals surface area contributed by atoms with Gasteiger partial charge in [-0.05, 0) is 78.4 Å². The second kappa shape index (κ2) is 31.5. The number of hydrogen-bond donors (Lipinski definition) is 4. The minimum absolute atomic E-state index is 0. The number of carboxylic acids is 1. The molecule has 0 unspecified atom stereocenters. The number of amides is 4. The molecule has 0 radical (unpaired) electrons. The molecule has 456 valence electrons. The number of fused-ring (bicyclic) bond motifs is 2. The minimum Gasteiger partial charge on any atom is -0.481 e. The van der Waals surface area contributed by atoms with Crippen molar-refractivity contribution in [3.05, 3.63) is 141 Å². The molecule has 2 aliphatic rings. The number of allylic oxidation sites excluding steroid dienone is 2. The molecular formula is C51H140F2N6O11Zn. The number of halogens is 2. The zero-order chi connectivity index (χ0) is 131. The first-order valence-electron chi connectivity index (χ1n) is 61.5. The number of carbonyl (C=O) groups excluding carboxylic acids is 6. The van der Waals surface area contributed by atoms with Gasteiger partial charge in [0.25, 0.3) is 5.97 Å². The van der Waals surface area contributed by atoms with Gasteiger partial charge in [-0.25, -0.2) is 32.8 Å². The quantitative estimate of drug-likeness (QED) is 0.0340. The molecule has 0 saturated carbocycles. The van der Waals surface area contributed by atoms with E-state index in [0.29, 0.717) is 54.5 Å². The number of carboxylic acid groups (broad SMARTS) is 1. The molecule has 6 rings (SSSR count). The van der Waals surface area contributed by atoms with Crippen LogP contribution in [0.2, 0.25) is 0 Å². The van der Waals surface area contributed by atoms with Crippen molar-refractivity contribution in [2.45, 2.75) is 74.4 Å². The molecule has 0 fully saturated rings. The zero-order valence-corrected chi connectivity index (χ0v) is 44.1. The molecule has 17 nitrogen and oxygen atoms in total. The third kappa shape index (κ3) is 19.4. The standard InChI is InChI=1S/C23H24FN3O4.C20H21FN2O2.C4H5NO3.C2H4O2.C2H6.Zn.40H2/c1-4-31-22(29)21-18-10-16(24)11-20(27(3)13-15-8-6-5-7-9-15)17(18)12-19(21)26-23(30)25-14(2)28;1-3-25-20(24)19-16-9-14(21)10-18(15(16)11-17(19)22)23(2)12-13-7-5-4-6-8-13;1-2-8-4(7)5-3-6;1-2(3)4;1-2;;;;;;;;;;;;;;;;;;;;;;;;;;;;;;;;;;;;;;;;;/h5-11H,4,12-13H2,1-3H3,(H2,25,26,28,30);4-10H,3,11-12,22H2,1-2H3;2H2,1H3;1H3,(H,3,4);1-2H3;;40*1H/i;;;;1D;;39*1+1D;1+1. The van der Waals surface area contributed by atoms with Crippen molar-refractivity contribution in [3.63, 3.8) is 0 Å². The van der Waals surface area contributed by atoms with E-state index in [1.807, 2.05) is 84.6 Å². The number of ether oxygens (including phenoxy) is 3. The van der Waals surface area contributed by atoms with Gasteiger partial charge in [0.2, 0.25) is 12.0 Å². The summed E-state index contributed by atoms with van der Waals surface area (Å²) in [6, 6.07) is 24.4. The monoisotopic (exact) mass is 1200 g/mol. The van der Waals surface area contributed by atoms with E-state index in [0.717, 1.165) is 35.4 Å². The summed E-state index contributed by atoms with van der Waals surface area (Å²) in [5.74, 6) is -3.45. The molecule has 4 amide bonds. The number of urea groups is 1. The predicted molar refractivity (Wildman–Crippen MR) is 345 cm³/mol. The third-order valence-corrected chi connectivity index (χ3v) is 9.53.